The Morgan fingerprint density at radius 3 is 1.79 bits per heavy atom. The van der Waals surface area contributed by atoms with Gasteiger partial charge in [0, 0.05) is 0 Å². The molecular formula is C16H32O3. The fourth-order valence-electron chi connectivity index (χ4n) is 2.42. The number of hydrogen-bond acceptors (Lipinski definition) is 3. The summed E-state index contributed by atoms with van der Waals surface area (Å²) in [6, 6.07) is 0. The Morgan fingerprint density at radius 1 is 0.684 bits per heavy atom. The van der Waals surface area contributed by atoms with Crippen molar-refractivity contribution in [3.8, 4) is 0 Å². The number of ether oxygens (including phenoxy) is 3. The molecule has 0 amide bonds. The van der Waals surface area contributed by atoms with Gasteiger partial charge in [0.15, 0.2) is 6.29 Å². The monoisotopic (exact) mass is 272 g/mol. The van der Waals surface area contributed by atoms with Gasteiger partial charge in [0.2, 0.25) is 0 Å². The third-order valence-corrected chi connectivity index (χ3v) is 3.61. The summed E-state index contributed by atoms with van der Waals surface area (Å²) in [4.78, 5) is 0. The molecule has 0 radical (unpaired) electrons. The van der Waals surface area contributed by atoms with E-state index in [-0.39, 0.29) is 6.29 Å². The smallest absolute Gasteiger partial charge is 0.157 e. The maximum absolute atomic E-state index is 5.61. The third kappa shape index (κ3) is 10.3. The molecule has 1 saturated heterocycles. The van der Waals surface area contributed by atoms with E-state index in [4.69, 9.17) is 14.2 Å². The van der Waals surface area contributed by atoms with Crippen molar-refractivity contribution in [1.29, 1.82) is 0 Å². The van der Waals surface area contributed by atoms with Crippen LogP contribution in [0.2, 0.25) is 0 Å². The highest BCUT2D eigenvalue weighted by atomic mass is 16.7. The summed E-state index contributed by atoms with van der Waals surface area (Å²) in [7, 11) is 0. The van der Waals surface area contributed by atoms with Gasteiger partial charge < -0.3 is 14.2 Å². The highest BCUT2D eigenvalue weighted by Crippen LogP contribution is 2.13. The zero-order valence-electron chi connectivity index (χ0n) is 12.7. The Balaban J connectivity index is 1.84. The van der Waals surface area contributed by atoms with E-state index in [1.165, 1.54) is 57.8 Å². The molecule has 0 spiro atoms. The van der Waals surface area contributed by atoms with Crippen LogP contribution in [-0.4, -0.2) is 32.7 Å². The van der Waals surface area contributed by atoms with Crippen LogP contribution in [0.25, 0.3) is 0 Å². The molecule has 0 aromatic rings. The van der Waals surface area contributed by atoms with Crippen LogP contribution in [-0.2, 0) is 14.2 Å². The Labute approximate surface area is 119 Å². The summed E-state index contributed by atoms with van der Waals surface area (Å²) in [5, 5.41) is 0. The van der Waals surface area contributed by atoms with Crippen LogP contribution in [0, 0.1) is 0 Å². The van der Waals surface area contributed by atoms with Gasteiger partial charge >= 0.3 is 0 Å². The van der Waals surface area contributed by atoms with Gasteiger partial charge in [0.05, 0.1) is 26.4 Å². The zero-order chi connectivity index (χ0) is 13.6. The van der Waals surface area contributed by atoms with Crippen molar-refractivity contribution >= 4 is 0 Å². The lowest BCUT2D eigenvalue weighted by Gasteiger charge is -2.21. The van der Waals surface area contributed by atoms with Crippen molar-refractivity contribution in [1.82, 2.24) is 0 Å². The van der Waals surface area contributed by atoms with Crippen molar-refractivity contribution in [2.45, 2.75) is 77.4 Å². The molecule has 1 heterocycles. The minimum atomic E-state index is 0.00783. The van der Waals surface area contributed by atoms with Crippen molar-refractivity contribution in [3.05, 3.63) is 0 Å². The normalized spacial score (nSPS) is 18.2. The molecule has 1 aliphatic heterocycles. The summed E-state index contributed by atoms with van der Waals surface area (Å²) in [6.07, 6.45) is 13.3. The lowest BCUT2D eigenvalue weighted by molar-refractivity contribution is -0.180. The molecule has 0 aliphatic carbocycles. The molecule has 1 rings (SSSR count). The predicted molar refractivity (Wildman–Crippen MR) is 78.4 cm³/mol. The lowest BCUT2D eigenvalue weighted by atomic mass is 10.1. The summed E-state index contributed by atoms with van der Waals surface area (Å²) >= 11 is 0. The van der Waals surface area contributed by atoms with Crippen LogP contribution in [0.1, 0.15) is 71.1 Å². The van der Waals surface area contributed by atoms with Gasteiger partial charge in [-0.05, 0) is 12.8 Å². The predicted octanol–water partition coefficient (Wildman–Crippen LogP) is 4.30. The molecule has 0 aromatic carbocycles. The molecule has 0 atom stereocenters. The second-order valence-electron chi connectivity index (χ2n) is 5.40. The lowest BCUT2D eigenvalue weighted by Crippen LogP contribution is -2.25. The average molecular weight is 272 g/mol. The molecule has 0 unspecified atom stereocenters. The second-order valence-corrected chi connectivity index (χ2v) is 5.40. The average Bonchev–Trinajstić information content (AvgIpc) is 2.39. The van der Waals surface area contributed by atoms with E-state index >= 15 is 0 Å². The first kappa shape index (κ1) is 16.9. The van der Waals surface area contributed by atoms with Gasteiger partial charge in [-0.2, -0.15) is 0 Å². The Bertz CT molecular complexity index is 177. The molecule has 3 nitrogen and oxygen atoms in total. The number of unbranched alkanes of at least 4 members (excludes halogenated alkanes) is 8. The van der Waals surface area contributed by atoms with E-state index < -0.39 is 0 Å². The molecule has 3 heteroatoms. The fourth-order valence-corrected chi connectivity index (χ4v) is 2.42. The third-order valence-electron chi connectivity index (χ3n) is 3.61. The van der Waals surface area contributed by atoms with E-state index in [1.807, 2.05) is 0 Å². The van der Waals surface area contributed by atoms with Gasteiger partial charge in [-0.1, -0.05) is 58.3 Å². The van der Waals surface area contributed by atoms with E-state index in [9.17, 15) is 0 Å². The Hall–Kier alpha value is -0.120. The standard InChI is InChI=1S/C16H32O3/c1-2-3-4-5-6-7-8-9-10-11-16-18-14-12-17-13-15-19-16/h16H,2-15H2,1H3. The van der Waals surface area contributed by atoms with Crippen LogP contribution < -0.4 is 0 Å². The summed E-state index contributed by atoms with van der Waals surface area (Å²) in [5.74, 6) is 0. The van der Waals surface area contributed by atoms with Crippen molar-refractivity contribution in [2.24, 2.45) is 0 Å². The second kappa shape index (κ2) is 12.9. The van der Waals surface area contributed by atoms with Gasteiger partial charge in [-0.3, -0.25) is 0 Å². The largest absolute Gasteiger partial charge is 0.377 e. The van der Waals surface area contributed by atoms with Crippen molar-refractivity contribution in [3.63, 3.8) is 0 Å². The van der Waals surface area contributed by atoms with Crippen LogP contribution in [0.5, 0.6) is 0 Å². The number of hydrogen-bond donors (Lipinski definition) is 0. The van der Waals surface area contributed by atoms with Crippen LogP contribution in [0.15, 0.2) is 0 Å². The minimum absolute atomic E-state index is 0.00783. The van der Waals surface area contributed by atoms with Crippen molar-refractivity contribution < 1.29 is 14.2 Å². The number of rotatable bonds is 10. The summed E-state index contributed by atoms with van der Waals surface area (Å²) in [5.41, 5.74) is 0. The van der Waals surface area contributed by atoms with E-state index in [0.29, 0.717) is 26.4 Å². The fraction of sp³-hybridized carbons (Fsp3) is 1.00. The molecule has 0 aromatic heterocycles. The first-order valence-corrected chi connectivity index (χ1v) is 8.24. The maximum atomic E-state index is 5.61. The van der Waals surface area contributed by atoms with Crippen LogP contribution in [0.3, 0.4) is 0 Å². The van der Waals surface area contributed by atoms with Crippen molar-refractivity contribution in [2.75, 3.05) is 26.4 Å². The van der Waals surface area contributed by atoms with E-state index in [1.54, 1.807) is 0 Å². The van der Waals surface area contributed by atoms with Crippen LogP contribution >= 0.6 is 0 Å². The Morgan fingerprint density at radius 2 is 1.21 bits per heavy atom. The SMILES string of the molecule is CCCCCCCCCCCC1OCCOCCO1. The van der Waals surface area contributed by atoms with E-state index in [0.717, 1.165) is 6.42 Å². The quantitative estimate of drug-likeness (QED) is 0.555. The van der Waals surface area contributed by atoms with Gasteiger partial charge in [0.25, 0.3) is 0 Å². The van der Waals surface area contributed by atoms with Gasteiger partial charge in [0.1, 0.15) is 0 Å². The molecule has 114 valence electrons. The van der Waals surface area contributed by atoms with Gasteiger partial charge in [-0.15, -0.1) is 0 Å². The first-order valence-electron chi connectivity index (χ1n) is 8.24. The zero-order valence-corrected chi connectivity index (χ0v) is 12.7. The highest BCUT2D eigenvalue weighted by Gasteiger charge is 2.11. The molecular weight excluding hydrogens is 240 g/mol. The molecule has 0 bridgehead atoms. The van der Waals surface area contributed by atoms with E-state index in [2.05, 4.69) is 6.92 Å². The molecule has 1 fully saturated rings. The Kier molecular flexibility index (Phi) is 11.5. The molecule has 1 aliphatic rings. The van der Waals surface area contributed by atoms with Crippen LogP contribution in [0.4, 0.5) is 0 Å². The summed E-state index contributed by atoms with van der Waals surface area (Å²) < 4.78 is 16.5. The minimum Gasteiger partial charge on any atom is -0.377 e. The highest BCUT2D eigenvalue weighted by molar-refractivity contribution is 4.52. The summed E-state index contributed by atoms with van der Waals surface area (Å²) in [6.45, 7) is 5.02. The maximum Gasteiger partial charge on any atom is 0.157 e. The molecule has 19 heavy (non-hydrogen) atoms. The topological polar surface area (TPSA) is 27.7 Å². The molecule has 0 saturated carbocycles. The first-order chi connectivity index (χ1) is 9.43. The molecule has 0 N–H and O–H groups in total. The van der Waals surface area contributed by atoms with Gasteiger partial charge in [-0.25, -0.2) is 0 Å².